The molecule has 3 nitrogen and oxygen atoms in total. The molecule has 0 amide bonds. The molecule has 0 radical (unpaired) electrons. The first-order chi connectivity index (χ1) is 9.81. The molecule has 0 unspecified atom stereocenters. The minimum atomic E-state index is 0.774. The van der Waals surface area contributed by atoms with E-state index in [0.717, 1.165) is 23.5 Å². The summed E-state index contributed by atoms with van der Waals surface area (Å²) in [6, 6.07) is 18.5. The average Bonchev–Trinajstić information content (AvgIpc) is 2.95. The van der Waals surface area contributed by atoms with E-state index in [1.807, 2.05) is 41.2 Å². The molecular formula is C17H17N3. The zero-order valence-corrected chi connectivity index (χ0v) is 11.5. The van der Waals surface area contributed by atoms with Crippen molar-refractivity contribution in [2.75, 3.05) is 5.32 Å². The van der Waals surface area contributed by atoms with Crippen molar-refractivity contribution in [3.8, 4) is 5.69 Å². The first-order valence-corrected chi connectivity index (χ1v) is 6.71. The van der Waals surface area contributed by atoms with Crippen LogP contribution in [0.15, 0.2) is 67.0 Å². The Hall–Kier alpha value is -2.55. The fourth-order valence-electron chi connectivity index (χ4n) is 2.13. The number of aryl methyl sites for hydroxylation is 1. The minimum absolute atomic E-state index is 0.774. The number of para-hydroxylation sites is 1. The molecule has 0 atom stereocenters. The van der Waals surface area contributed by atoms with Gasteiger partial charge in [0.1, 0.15) is 0 Å². The van der Waals surface area contributed by atoms with Crippen molar-refractivity contribution in [1.82, 2.24) is 9.78 Å². The number of anilines is 1. The molecule has 0 aliphatic carbocycles. The summed E-state index contributed by atoms with van der Waals surface area (Å²) in [5, 5.41) is 7.81. The molecule has 0 fully saturated rings. The number of aromatic nitrogens is 2. The smallest absolute Gasteiger partial charge is 0.0645 e. The van der Waals surface area contributed by atoms with E-state index in [9.17, 15) is 0 Å². The third kappa shape index (κ3) is 2.88. The van der Waals surface area contributed by atoms with Crippen LogP contribution in [0.1, 0.15) is 11.1 Å². The lowest BCUT2D eigenvalue weighted by atomic mass is 10.2. The minimum Gasteiger partial charge on any atom is -0.381 e. The summed E-state index contributed by atoms with van der Waals surface area (Å²) in [7, 11) is 0. The van der Waals surface area contributed by atoms with Crippen LogP contribution in [0.4, 0.5) is 5.69 Å². The molecule has 100 valence electrons. The molecule has 0 saturated carbocycles. The number of nitrogens with zero attached hydrogens (tertiary/aromatic N) is 2. The van der Waals surface area contributed by atoms with Crippen molar-refractivity contribution in [2.45, 2.75) is 13.5 Å². The molecular weight excluding hydrogens is 246 g/mol. The van der Waals surface area contributed by atoms with Crippen LogP contribution in [0, 0.1) is 6.92 Å². The monoisotopic (exact) mass is 263 g/mol. The summed E-state index contributed by atoms with van der Waals surface area (Å²) in [5.41, 5.74) is 4.64. The van der Waals surface area contributed by atoms with Gasteiger partial charge in [0.05, 0.1) is 11.9 Å². The highest BCUT2D eigenvalue weighted by Crippen LogP contribution is 2.12. The van der Waals surface area contributed by atoms with Gasteiger partial charge in [-0.2, -0.15) is 5.10 Å². The summed E-state index contributed by atoms with van der Waals surface area (Å²) < 4.78 is 1.90. The van der Waals surface area contributed by atoms with Crippen molar-refractivity contribution in [2.24, 2.45) is 0 Å². The van der Waals surface area contributed by atoms with Crippen LogP contribution in [0.2, 0.25) is 0 Å². The van der Waals surface area contributed by atoms with Crippen LogP contribution in [-0.2, 0) is 6.54 Å². The number of rotatable bonds is 4. The van der Waals surface area contributed by atoms with Crippen LogP contribution in [0.25, 0.3) is 5.69 Å². The molecule has 3 heteroatoms. The molecule has 0 aliphatic heterocycles. The highest BCUT2D eigenvalue weighted by molar-refractivity contribution is 5.45. The van der Waals surface area contributed by atoms with Gasteiger partial charge in [-0.3, -0.25) is 0 Å². The van der Waals surface area contributed by atoms with Crippen LogP contribution >= 0.6 is 0 Å². The van der Waals surface area contributed by atoms with Gasteiger partial charge in [-0.25, -0.2) is 4.68 Å². The van der Waals surface area contributed by atoms with Crippen LogP contribution in [0.5, 0.6) is 0 Å². The van der Waals surface area contributed by atoms with Crippen molar-refractivity contribution < 1.29 is 0 Å². The lowest BCUT2D eigenvalue weighted by Gasteiger charge is -2.05. The Morgan fingerprint density at radius 2 is 1.90 bits per heavy atom. The van der Waals surface area contributed by atoms with Gasteiger partial charge in [0, 0.05) is 24.0 Å². The Labute approximate surface area is 118 Å². The lowest BCUT2D eigenvalue weighted by Crippen LogP contribution is -1.98. The molecule has 2 aromatic carbocycles. The molecule has 0 saturated heterocycles. The first-order valence-electron chi connectivity index (χ1n) is 6.71. The second-order valence-corrected chi connectivity index (χ2v) is 4.85. The summed E-state index contributed by atoms with van der Waals surface area (Å²) in [6.07, 6.45) is 3.95. The summed E-state index contributed by atoms with van der Waals surface area (Å²) in [6.45, 7) is 2.87. The standard InChI is InChI=1S/C17H17N3/c1-14-6-5-7-16(10-14)18-11-15-12-19-20(13-15)17-8-3-2-4-9-17/h2-10,12-13,18H,11H2,1H3. The molecule has 1 N–H and O–H groups in total. The molecule has 0 spiro atoms. The van der Waals surface area contributed by atoms with Gasteiger partial charge in [0.2, 0.25) is 0 Å². The van der Waals surface area contributed by atoms with Gasteiger partial charge in [-0.05, 0) is 36.8 Å². The number of nitrogens with one attached hydrogen (secondary N) is 1. The molecule has 3 aromatic rings. The van der Waals surface area contributed by atoms with Crippen LogP contribution in [-0.4, -0.2) is 9.78 Å². The molecule has 0 bridgehead atoms. The van der Waals surface area contributed by atoms with E-state index in [1.54, 1.807) is 0 Å². The van der Waals surface area contributed by atoms with Crippen molar-refractivity contribution in [1.29, 1.82) is 0 Å². The Balaban J connectivity index is 1.69. The van der Waals surface area contributed by atoms with Crippen molar-refractivity contribution >= 4 is 5.69 Å². The van der Waals surface area contributed by atoms with Crippen molar-refractivity contribution in [3.63, 3.8) is 0 Å². The second-order valence-electron chi connectivity index (χ2n) is 4.85. The molecule has 1 aromatic heterocycles. The van der Waals surface area contributed by atoms with Gasteiger partial charge < -0.3 is 5.32 Å². The summed E-state index contributed by atoms with van der Waals surface area (Å²) in [4.78, 5) is 0. The van der Waals surface area contributed by atoms with Crippen molar-refractivity contribution in [3.05, 3.63) is 78.1 Å². The fourth-order valence-corrected chi connectivity index (χ4v) is 2.13. The quantitative estimate of drug-likeness (QED) is 0.776. The van der Waals surface area contributed by atoms with E-state index < -0.39 is 0 Å². The van der Waals surface area contributed by atoms with Crippen LogP contribution < -0.4 is 5.32 Å². The van der Waals surface area contributed by atoms with Gasteiger partial charge in [0.25, 0.3) is 0 Å². The maximum atomic E-state index is 4.39. The topological polar surface area (TPSA) is 29.9 Å². The van der Waals surface area contributed by atoms with E-state index >= 15 is 0 Å². The molecule has 1 heterocycles. The van der Waals surface area contributed by atoms with Gasteiger partial charge in [0.15, 0.2) is 0 Å². The van der Waals surface area contributed by atoms with E-state index in [-0.39, 0.29) is 0 Å². The average molecular weight is 263 g/mol. The third-order valence-electron chi connectivity index (χ3n) is 3.17. The maximum absolute atomic E-state index is 4.39. The third-order valence-corrected chi connectivity index (χ3v) is 3.17. The highest BCUT2D eigenvalue weighted by Gasteiger charge is 2.00. The van der Waals surface area contributed by atoms with Gasteiger partial charge in [-0.15, -0.1) is 0 Å². The Bertz CT molecular complexity index is 686. The van der Waals surface area contributed by atoms with E-state index in [0.29, 0.717) is 0 Å². The zero-order chi connectivity index (χ0) is 13.8. The first kappa shape index (κ1) is 12.5. The Kier molecular flexibility index (Phi) is 3.50. The van der Waals surface area contributed by atoms with E-state index in [1.165, 1.54) is 5.56 Å². The normalized spacial score (nSPS) is 10.4. The molecule has 3 rings (SSSR count). The SMILES string of the molecule is Cc1cccc(NCc2cnn(-c3ccccc3)c2)c1. The number of hydrogen-bond donors (Lipinski definition) is 1. The summed E-state index contributed by atoms with van der Waals surface area (Å²) >= 11 is 0. The van der Waals surface area contributed by atoms with Crippen LogP contribution in [0.3, 0.4) is 0 Å². The van der Waals surface area contributed by atoms with E-state index in [4.69, 9.17) is 0 Å². The molecule has 0 aliphatic rings. The van der Waals surface area contributed by atoms with E-state index in [2.05, 4.69) is 47.8 Å². The maximum Gasteiger partial charge on any atom is 0.0645 e. The zero-order valence-electron chi connectivity index (χ0n) is 11.5. The fraction of sp³-hybridized carbons (Fsp3) is 0.118. The number of hydrogen-bond acceptors (Lipinski definition) is 2. The Morgan fingerprint density at radius 3 is 2.70 bits per heavy atom. The number of benzene rings is 2. The van der Waals surface area contributed by atoms with Gasteiger partial charge in [-0.1, -0.05) is 30.3 Å². The molecule has 20 heavy (non-hydrogen) atoms. The lowest BCUT2D eigenvalue weighted by molar-refractivity contribution is 0.880. The predicted molar refractivity (Wildman–Crippen MR) is 82.1 cm³/mol. The second kappa shape index (κ2) is 5.61. The Morgan fingerprint density at radius 1 is 1.05 bits per heavy atom. The highest BCUT2D eigenvalue weighted by atomic mass is 15.3. The van der Waals surface area contributed by atoms with Gasteiger partial charge >= 0.3 is 0 Å². The predicted octanol–water partition coefficient (Wildman–Crippen LogP) is 3.79. The summed E-state index contributed by atoms with van der Waals surface area (Å²) in [5.74, 6) is 0. The largest absolute Gasteiger partial charge is 0.381 e.